The molecular weight excluding hydrogens is 126 g/mol. The molecule has 0 aromatic rings. The van der Waals surface area contributed by atoms with Crippen LogP contribution in [0.1, 0.15) is 20.8 Å². The second-order valence-corrected chi connectivity index (χ2v) is 2.22. The number of nitrogens with zero attached hydrogens (tertiary/aromatic N) is 3. The summed E-state index contributed by atoms with van der Waals surface area (Å²) in [6, 6.07) is 0.375. The van der Waals surface area contributed by atoms with E-state index in [0.29, 0.717) is 6.04 Å². The van der Waals surface area contributed by atoms with E-state index in [2.05, 4.69) is 23.9 Å². The largest absolute Gasteiger partial charge is 0.277 e. The van der Waals surface area contributed by atoms with Gasteiger partial charge in [0.15, 0.2) is 0 Å². The molecule has 0 aliphatic rings. The summed E-state index contributed by atoms with van der Waals surface area (Å²) >= 11 is 0. The third kappa shape index (κ3) is 3.22. The van der Waals surface area contributed by atoms with Crippen molar-refractivity contribution in [3.63, 3.8) is 0 Å². The van der Waals surface area contributed by atoms with Crippen LogP contribution in [0.2, 0.25) is 0 Å². The van der Waals surface area contributed by atoms with Gasteiger partial charge in [0.2, 0.25) is 0 Å². The summed E-state index contributed by atoms with van der Waals surface area (Å²) in [4.78, 5) is 3.86. The molecule has 0 atom stereocenters. The molecule has 0 N–H and O–H groups in total. The first kappa shape index (κ1) is 9.14. The van der Waals surface area contributed by atoms with Crippen LogP contribution in [-0.2, 0) is 0 Å². The summed E-state index contributed by atoms with van der Waals surface area (Å²) in [5.74, 6) is 0. The van der Waals surface area contributed by atoms with Crippen LogP contribution in [0.3, 0.4) is 0 Å². The van der Waals surface area contributed by atoms with Crippen molar-refractivity contribution in [2.24, 2.45) is 10.1 Å². The lowest BCUT2D eigenvalue weighted by Gasteiger charge is -2.16. The molecule has 0 amide bonds. The first-order valence-electron chi connectivity index (χ1n) is 3.41. The molecule has 3 heteroatoms. The molecule has 0 aliphatic heterocycles. The van der Waals surface area contributed by atoms with Crippen molar-refractivity contribution in [2.75, 3.05) is 7.05 Å². The summed E-state index contributed by atoms with van der Waals surface area (Å²) in [6.07, 6.45) is 3.46. The van der Waals surface area contributed by atoms with E-state index in [1.165, 1.54) is 0 Å². The zero-order chi connectivity index (χ0) is 7.98. The van der Waals surface area contributed by atoms with E-state index in [1.54, 1.807) is 24.6 Å². The second kappa shape index (κ2) is 4.97. The first-order chi connectivity index (χ1) is 4.72. The summed E-state index contributed by atoms with van der Waals surface area (Å²) in [7, 11) is 1.74. The normalized spacial score (nSPS) is 12.1. The molecule has 0 rings (SSSR count). The van der Waals surface area contributed by atoms with E-state index in [-0.39, 0.29) is 0 Å². The van der Waals surface area contributed by atoms with Crippen LogP contribution in [0.5, 0.6) is 0 Å². The summed E-state index contributed by atoms with van der Waals surface area (Å²) < 4.78 is 0. The lowest BCUT2D eigenvalue weighted by Crippen LogP contribution is -2.23. The van der Waals surface area contributed by atoms with Gasteiger partial charge in [0.05, 0.1) is 0 Å². The van der Waals surface area contributed by atoms with Crippen molar-refractivity contribution < 1.29 is 0 Å². The fourth-order valence-electron chi connectivity index (χ4n) is 0.548. The molecule has 0 saturated heterocycles. The third-order valence-electron chi connectivity index (χ3n) is 1.01. The van der Waals surface area contributed by atoms with E-state index in [1.807, 2.05) is 6.92 Å². The molecule has 0 aliphatic carbocycles. The Morgan fingerprint density at radius 2 is 2.00 bits per heavy atom. The van der Waals surface area contributed by atoms with Gasteiger partial charge >= 0.3 is 0 Å². The highest BCUT2D eigenvalue weighted by Crippen LogP contribution is 1.93. The molecule has 58 valence electrons. The van der Waals surface area contributed by atoms with Crippen LogP contribution >= 0.6 is 0 Å². The van der Waals surface area contributed by atoms with Crippen LogP contribution < -0.4 is 0 Å². The van der Waals surface area contributed by atoms with Crippen LogP contribution in [0, 0.1) is 0 Å². The van der Waals surface area contributed by atoms with Gasteiger partial charge in [-0.2, -0.15) is 5.10 Å². The smallest absolute Gasteiger partial charge is 0.106 e. The Hall–Kier alpha value is -0.860. The highest BCUT2D eigenvalue weighted by Gasteiger charge is 1.99. The molecular formula is C7H15N3. The molecule has 3 nitrogen and oxygen atoms in total. The van der Waals surface area contributed by atoms with Crippen LogP contribution in [0.25, 0.3) is 0 Å². The van der Waals surface area contributed by atoms with Crippen molar-refractivity contribution >= 4 is 12.6 Å². The minimum atomic E-state index is 0.375. The zero-order valence-electron chi connectivity index (χ0n) is 7.07. The Morgan fingerprint density at radius 3 is 2.30 bits per heavy atom. The first-order valence-corrected chi connectivity index (χ1v) is 3.41. The SMILES string of the molecule is C/C=N\N(C=NC)C(C)C. The molecule has 10 heavy (non-hydrogen) atoms. The Morgan fingerprint density at radius 1 is 1.40 bits per heavy atom. The molecule has 0 aromatic heterocycles. The van der Waals surface area contributed by atoms with Gasteiger partial charge in [0.1, 0.15) is 6.34 Å². The molecule has 0 aromatic carbocycles. The topological polar surface area (TPSA) is 28.0 Å². The van der Waals surface area contributed by atoms with Gasteiger partial charge in [0, 0.05) is 19.3 Å². The Labute approximate surface area is 62.4 Å². The van der Waals surface area contributed by atoms with E-state index in [0.717, 1.165) is 0 Å². The molecule has 0 radical (unpaired) electrons. The number of hydrogen-bond donors (Lipinski definition) is 0. The molecule has 0 heterocycles. The van der Waals surface area contributed by atoms with Crippen molar-refractivity contribution in [3.05, 3.63) is 0 Å². The van der Waals surface area contributed by atoms with E-state index in [9.17, 15) is 0 Å². The zero-order valence-corrected chi connectivity index (χ0v) is 7.07. The highest BCUT2D eigenvalue weighted by atomic mass is 15.5. The predicted molar refractivity (Wildman–Crippen MR) is 45.6 cm³/mol. The Balaban J connectivity index is 3.98. The molecule has 0 spiro atoms. The number of hydrogen-bond acceptors (Lipinski definition) is 2. The summed E-state index contributed by atoms with van der Waals surface area (Å²) in [6.45, 7) is 6.02. The molecule has 0 fully saturated rings. The fourth-order valence-corrected chi connectivity index (χ4v) is 0.548. The van der Waals surface area contributed by atoms with Crippen LogP contribution in [0.15, 0.2) is 10.1 Å². The number of rotatable bonds is 3. The fraction of sp³-hybridized carbons (Fsp3) is 0.714. The minimum absolute atomic E-state index is 0.375. The van der Waals surface area contributed by atoms with Crippen molar-refractivity contribution in [3.8, 4) is 0 Å². The highest BCUT2D eigenvalue weighted by molar-refractivity contribution is 5.59. The molecule has 0 saturated carbocycles. The standard InChI is InChI=1S/C7H15N3/c1-5-9-10(6-8-4)7(2)3/h5-7H,1-4H3/b8-6?,9-5-. The van der Waals surface area contributed by atoms with Crippen molar-refractivity contribution in [1.29, 1.82) is 0 Å². The lowest BCUT2D eigenvalue weighted by atomic mass is 10.4. The van der Waals surface area contributed by atoms with E-state index >= 15 is 0 Å². The van der Waals surface area contributed by atoms with Gasteiger partial charge in [-0.3, -0.25) is 10.0 Å². The van der Waals surface area contributed by atoms with Crippen LogP contribution in [-0.4, -0.2) is 30.7 Å². The third-order valence-corrected chi connectivity index (χ3v) is 1.01. The number of aliphatic imine (C=N–C) groups is 1. The quantitative estimate of drug-likeness (QED) is 0.331. The maximum atomic E-state index is 4.07. The van der Waals surface area contributed by atoms with Gasteiger partial charge in [-0.1, -0.05) is 0 Å². The van der Waals surface area contributed by atoms with Crippen molar-refractivity contribution in [1.82, 2.24) is 5.01 Å². The van der Waals surface area contributed by atoms with Gasteiger partial charge < -0.3 is 0 Å². The predicted octanol–water partition coefficient (Wildman–Crippen LogP) is 1.36. The Bertz CT molecular complexity index is 115. The monoisotopic (exact) mass is 141 g/mol. The maximum Gasteiger partial charge on any atom is 0.106 e. The summed E-state index contributed by atoms with van der Waals surface area (Å²) in [5.41, 5.74) is 0. The minimum Gasteiger partial charge on any atom is -0.277 e. The molecule has 0 unspecified atom stereocenters. The van der Waals surface area contributed by atoms with E-state index < -0.39 is 0 Å². The van der Waals surface area contributed by atoms with E-state index in [4.69, 9.17) is 0 Å². The van der Waals surface area contributed by atoms with Gasteiger partial charge in [-0.25, -0.2) is 0 Å². The van der Waals surface area contributed by atoms with Gasteiger partial charge in [-0.05, 0) is 20.8 Å². The van der Waals surface area contributed by atoms with Gasteiger partial charge in [-0.15, -0.1) is 0 Å². The Kier molecular flexibility index (Phi) is 4.54. The van der Waals surface area contributed by atoms with Crippen molar-refractivity contribution in [2.45, 2.75) is 26.8 Å². The van der Waals surface area contributed by atoms with Gasteiger partial charge in [0.25, 0.3) is 0 Å². The molecule has 0 bridgehead atoms. The average molecular weight is 141 g/mol. The average Bonchev–Trinajstić information content (AvgIpc) is 1.87. The second-order valence-electron chi connectivity index (χ2n) is 2.22. The maximum absolute atomic E-state index is 4.07. The number of hydrazone groups is 1. The van der Waals surface area contributed by atoms with Crippen LogP contribution in [0.4, 0.5) is 0 Å². The summed E-state index contributed by atoms with van der Waals surface area (Å²) in [5, 5.41) is 5.88. The lowest BCUT2D eigenvalue weighted by molar-refractivity contribution is 0.381.